The summed E-state index contributed by atoms with van der Waals surface area (Å²) in [6.45, 7) is 0.961. The van der Waals surface area contributed by atoms with E-state index in [9.17, 15) is 18.4 Å². The number of ether oxygens (including phenoxy) is 1. The van der Waals surface area contributed by atoms with Gasteiger partial charge in [0.1, 0.15) is 6.61 Å². The van der Waals surface area contributed by atoms with E-state index >= 15 is 0 Å². The molecule has 1 aliphatic carbocycles. The van der Waals surface area contributed by atoms with E-state index < -0.39 is 24.2 Å². The fourth-order valence-electron chi connectivity index (χ4n) is 3.80. The van der Waals surface area contributed by atoms with Gasteiger partial charge in [0.05, 0.1) is 0 Å². The smallest absolute Gasteiger partial charge is 0.410 e. The molecule has 0 saturated carbocycles. The number of carbonyl (C=O) groups excluding carboxylic acids is 2. The van der Waals surface area contributed by atoms with Crippen molar-refractivity contribution in [3.8, 4) is 0 Å². The Balaban J connectivity index is 1.47. The van der Waals surface area contributed by atoms with Gasteiger partial charge < -0.3 is 9.64 Å². The van der Waals surface area contributed by atoms with Crippen molar-refractivity contribution in [2.75, 3.05) is 13.1 Å². The van der Waals surface area contributed by atoms with Crippen LogP contribution in [-0.2, 0) is 30.6 Å². The molecular weight excluding hydrogens is 352 g/mol. The molecule has 0 N–H and O–H groups in total. The molecule has 2 aromatic carbocycles. The van der Waals surface area contributed by atoms with Crippen LogP contribution in [-0.4, -0.2) is 35.8 Å². The lowest BCUT2D eigenvalue weighted by molar-refractivity contribution is 0.0167. The molecule has 27 heavy (non-hydrogen) atoms. The Morgan fingerprint density at radius 1 is 1.04 bits per heavy atom. The second kappa shape index (κ2) is 6.76. The van der Waals surface area contributed by atoms with Gasteiger partial charge in [0, 0.05) is 25.1 Å². The second-order valence-electron chi connectivity index (χ2n) is 6.97. The Morgan fingerprint density at radius 2 is 1.74 bits per heavy atom. The Bertz CT molecular complexity index is 896. The van der Waals surface area contributed by atoms with Crippen molar-refractivity contribution >= 4 is 11.9 Å². The van der Waals surface area contributed by atoms with Gasteiger partial charge in [-0.25, -0.2) is 4.79 Å². The standard InChI is InChI=1S/C21H19F2NO3/c22-21(23)12-16-7-6-15-8-10-24(11-9-17(15)18(16)19(21)25)20(26)27-13-14-4-2-1-3-5-14/h1-7H,8-13H2. The van der Waals surface area contributed by atoms with Crippen molar-refractivity contribution < 1.29 is 23.1 Å². The van der Waals surface area contributed by atoms with Gasteiger partial charge in [-0.15, -0.1) is 0 Å². The fraction of sp³-hybridized carbons (Fsp3) is 0.333. The number of fused-ring (bicyclic) bond motifs is 3. The summed E-state index contributed by atoms with van der Waals surface area (Å²) >= 11 is 0. The Kier molecular flexibility index (Phi) is 4.42. The van der Waals surface area contributed by atoms with Crippen LogP contribution >= 0.6 is 0 Å². The quantitative estimate of drug-likeness (QED) is 0.807. The molecule has 0 spiro atoms. The van der Waals surface area contributed by atoms with E-state index in [-0.39, 0.29) is 12.2 Å². The van der Waals surface area contributed by atoms with Gasteiger partial charge in [-0.2, -0.15) is 8.78 Å². The van der Waals surface area contributed by atoms with Gasteiger partial charge in [-0.05, 0) is 35.1 Å². The summed E-state index contributed by atoms with van der Waals surface area (Å²) in [6.07, 6.45) is -0.0695. The van der Waals surface area contributed by atoms with Gasteiger partial charge >= 0.3 is 12.0 Å². The molecule has 0 unspecified atom stereocenters. The number of carbonyl (C=O) groups is 2. The van der Waals surface area contributed by atoms with Crippen LogP contribution in [0.4, 0.5) is 13.6 Å². The minimum Gasteiger partial charge on any atom is -0.445 e. The molecule has 1 aliphatic heterocycles. The molecule has 1 amide bonds. The summed E-state index contributed by atoms with van der Waals surface area (Å²) in [6, 6.07) is 12.8. The highest BCUT2D eigenvalue weighted by Gasteiger charge is 2.48. The SMILES string of the molecule is O=C(OCc1ccccc1)N1CCc2ccc3c(c2CC1)C(=O)C(F)(F)C3. The van der Waals surface area contributed by atoms with E-state index in [4.69, 9.17) is 4.74 Å². The molecule has 140 valence electrons. The predicted octanol–water partition coefficient (Wildman–Crippen LogP) is 3.80. The van der Waals surface area contributed by atoms with E-state index in [0.29, 0.717) is 37.1 Å². The molecule has 0 aromatic heterocycles. The molecule has 0 radical (unpaired) electrons. The molecule has 6 heteroatoms. The zero-order valence-electron chi connectivity index (χ0n) is 14.7. The molecule has 0 atom stereocenters. The number of Topliss-reactive ketones (excluding diaryl/α,β-unsaturated/α-hetero) is 1. The summed E-state index contributed by atoms with van der Waals surface area (Å²) in [5.41, 5.74) is 2.99. The topological polar surface area (TPSA) is 46.6 Å². The predicted molar refractivity (Wildman–Crippen MR) is 95.0 cm³/mol. The Morgan fingerprint density at radius 3 is 2.52 bits per heavy atom. The van der Waals surface area contributed by atoms with Crippen LogP contribution in [0.3, 0.4) is 0 Å². The monoisotopic (exact) mass is 371 g/mol. The molecule has 0 saturated heterocycles. The fourth-order valence-corrected chi connectivity index (χ4v) is 3.80. The van der Waals surface area contributed by atoms with Crippen molar-refractivity contribution in [3.63, 3.8) is 0 Å². The number of amides is 1. The van der Waals surface area contributed by atoms with Crippen LogP contribution in [0.25, 0.3) is 0 Å². The summed E-state index contributed by atoms with van der Waals surface area (Å²) in [5.74, 6) is -4.41. The minimum atomic E-state index is -3.32. The lowest BCUT2D eigenvalue weighted by Gasteiger charge is -2.19. The minimum absolute atomic E-state index is 0.164. The van der Waals surface area contributed by atoms with E-state index in [2.05, 4.69) is 0 Å². The van der Waals surface area contributed by atoms with Crippen molar-refractivity contribution in [1.29, 1.82) is 0 Å². The summed E-state index contributed by atoms with van der Waals surface area (Å²) in [7, 11) is 0. The maximum atomic E-state index is 13.8. The Hall–Kier alpha value is -2.76. The first-order valence-corrected chi connectivity index (χ1v) is 8.97. The third-order valence-corrected chi connectivity index (χ3v) is 5.21. The van der Waals surface area contributed by atoms with E-state index in [0.717, 1.165) is 11.1 Å². The Labute approximate surface area is 155 Å². The summed E-state index contributed by atoms with van der Waals surface area (Å²) < 4.78 is 33.0. The first-order valence-electron chi connectivity index (χ1n) is 8.97. The van der Waals surface area contributed by atoms with Gasteiger partial charge in [0.15, 0.2) is 0 Å². The number of benzene rings is 2. The zero-order chi connectivity index (χ0) is 19.0. The van der Waals surface area contributed by atoms with Gasteiger partial charge in [-0.3, -0.25) is 4.79 Å². The number of halogens is 2. The normalized spacial score (nSPS) is 17.9. The lowest BCUT2D eigenvalue weighted by atomic mass is 9.94. The van der Waals surface area contributed by atoms with Crippen molar-refractivity contribution in [2.45, 2.75) is 31.8 Å². The van der Waals surface area contributed by atoms with Crippen molar-refractivity contribution in [1.82, 2.24) is 4.90 Å². The van der Waals surface area contributed by atoms with Crippen LogP contribution in [0, 0.1) is 0 Å². The third-order valence-electron chi connectivity index (χ3n) is 5.21. The molecule has 2 aromatic rings. The number of hydrogen-bond donors (Lipinski definition) is 0. The van der Waals surface area contributed by atoms with Crippen molar-refractivity contribution in [3.05, 3.63) is 70.3 Å². The van der Waals surface area contributed by atoms with Crippen LogP contribution in [0.15, 0.2) is 42.5 Å². The van der Waals surface area contributed by atoms with Crippen LogP contribution in [0.2, 0.25) is 0 Å². The highest BCUT2D eigenvalue weighted by molar-refractivity contribution is 6.07. The highest BCUT2D eigenvalue weighted by Crippen LogP contribution is 2.38. The molecule has 1 heterocycles. The number of rotatable bonds is 2. The van der Waals surface area contributed by atoms with Crippen LogP contribution in [0.1, 0.15) is 32.6 Å². The molecular formula is C21H19F2NO3. The number of alkyl halides is 2. The van der Waals surface area contributed by atoms with Gasteiger partial charge in [0.25, 0.3) is 0 Å². The number of nitrogens with zero attached hydrogens (tertiary/aromatic N) is 1. The van der Waals surface area contributed by atoms with Crippen LogP contribution in [0.5, 0.6) is 0 Å². The van der Waals surface area contributed by atoms with Crippen LogP contribution < -0.4 is 0 Å². The zero-order valence-corrected chi connectivity index (χ0v) is 14.7. The first-order chi connectivity index (χ1) is 13.0. The molecule has 2 aliphatic rings. The largest absolute Gasteiger partial charge is 0.445 e. The molecule has 0 bridgehead atoms. The first kappa shape index (κ1) is 17.6. The number of ketones is 1. The number of hydrogen-bond acceptors (Lipinski definition) is 3. The third kappa shape index (κ3) is 3.31. The maximum Gasteiger partial charge on any atom is 0.410 e. The average molecular weight is 371 g/mol. The second-order valence-corrected chi connectivity index (χ2v) is 6.97. The molecule has 4 nitrogen and oxygen atoms in total. The average Bonchev–Trinajstić information content (AvgIpc) is 2.81. The summed E-state index contributed by atoms with van der Waals surface area (Å²) in [4.78, 5) is 26.1. The molecule has 0 fully saturated rings. The van der Waals surface area contributed by atoms with Gasteiger partial charge in [0.2, 0.25) is 5.78 Å². The van der Waals surface area contributed by atoms with E-state index in [1.54, 1.807) is 11.0 Å². The van der Waals surface area contributed by atoms with E-state index in [1.165, 1.54) is 0 Å². The highest BCUT2D eigenvalue weighted by atomic mass is 19.3. The van der Waals surface area contributed by atoms with Crippen molar-refractivity contribution in [2.24, 2.45) is 0 Å². The summed E-state index contributed by atoms with van der Waals surface area (Å²) in [5, 5.41) is 0. The van der Waals surface area contributed by atoms with Gasteiger partial charge in [-0.1, -0.05) is 42.5 Å². The maximum absolute atomic E-state index is 13.8. The lowest BCUT2D eigenvalue weighted by Crippen LogP contribution is -2.33. The van der Waals surface area contributed by atoms with E-state index in [1.807, 2.05) is 36.4 Å². The molecule has 4 rings (SSSR count).